The maximum absolute atomic E-state index is 14.7. The van der Waals surface area contributed by atoms with E-state index in [-0.39, 0.29) is 43.1 Å². The summed E-state index contributed by atoms with van der Waals surface area (Å²) >= 11 is 0. The number of alkyl halides is 5. The molecule has 3 aromatic carbocycles. The Morgan fingerprint density at radius 3 is 2.35 bits per heavy atom. The van der Waals surface area contributed by atoms with E-state index in [0.717, 1.165) is 17.4 Å². The maximum Gasteiger partial charge on any atom is 0.485 e. The molecule has 7 rings (SSSR count). The summed E-state index contributed by atoms with van der Waals surface area (Å²) in [6.45, 7) is -1.99. The van der Waals surface area contributed by atoms with Crippen LogP contribution in [0.25, 0.3) is 33.2 Å². The fourth-order valence-corrected chi connectivity index (χ4v) is 6.18. The van der Waals surface area contributed by atoms with Gasteiger partial charge in [0.15, 0.2) is 0 Å². The van der Waals surface area contributed by atoms with E-state index in [2.05, 4.69) is 4.98 Å². The molecule has 1 aliphatic carbocycles. The van der Waals surface area contributed by atoms with Gasteiger partial charge in [-0.2, -0.15) is 27.1 Å². The minimum absolute atomic E-state index is 0.0130. The van der Waals surface area contributed by atoms with Crippen molar-refractivity contribution in [3.8, 4) is 11.3 Å². The molecular weight excluding hydrogens is 570 g/mol. The molecule has 5 aromatic rings. The zero-order valence-corrected chi connectivity index (χ0v) is 23.0. The molecule has 1 saturated heterocycles. The first kappa shape index (κ1) is 27.6. The molecule has 0 atom stereocenters. The van der Waals surface area contributed by atoms with Gasteiger partial charge >= 0.3 is 12.8 Å². The Hall–Kier alpha value is -4.22. The largest absolute Gasteiger partial charge is 0.485 e. The minimum atomic E-state index is -4.68. The monoisotopic (exact) mass is 598 g/mol. The smallest absolute Gasteiger partial charge is 0.342 e. The number of fused-ring (bicyclic) bond motifs is 2. The number of piperidine rings is 1. The number of anilines is 2. The van der Waals surface area contributed by atoms with Gasteiger partial charge in [0.2, 0.25) is 5.95 Å². The van der Waals surface area contributed by atoms with Crippen molar-refractivity contribution < 1.29 is 26.3 Å². The molecule has 43 heavy (non-hydrogen) atoms. The number of imidazole rings is 1. The summed E-state index contributed by atoms with van der Waals surface area (Å²) in [4.78, 5) is 6.50. The van der Waals surface area contributed by atoms with Crippen LogP contribution in [0.2, 0.25) is 0 Å². The van der Waals surface area contributed by atoms with Gasteiger partial charge in [-0.05, 0) is 74.1 Å². The van der Waals surface area contributed by atoms with Crippen molar-refractivity contribution in [2.45, 2.75) is 51.1 Å². The highest BCUT2D eigenvalue weighted by molar-refractivity contribution is 5.95. The average Bonchev–Trinajstić information content (AvgIpc) is 3.60. The highest BCUT2D eigenvalue weighted by Gasteiger charge is 2.44. The van der Waals surface area contributed by atoms with E-state index < -0.39 is 24.7 Å². The van der Waals surface area contributed by atoms with Crippen LogP contribution >= 0.6 is 0 Å². The first-order valence-electron chi connectivity index (χ1n) is 14.3. The van der Waals surface area contributed by atoms with E-state index >= 15 is 0 Å². The van der Waals surface area contributed by atoms with Gasteiger partial charge in [-0.1, -0.05) is 24.3 Å². The molecular formula is C31H28F6N6. The van der Waals surface area contributed by atoms with Crippen LogP contribution in [-0.2, 0) is 6.54 Å². The molecule has 1 aliphatic heterocycles. The second-order valence-electron chi connectivity index (χ2n) is 11.3. The number of hydrogen-bond donors (Lipinski definition) is 0. The predicted octanol–water partition coefficient (Wildman–Crippen LogP) is 7.99. The van der Waals surface area contributed by atoms with Crippen molar-refractivity contribution >= 4 is 33.6 Å². The van der Waals surface area contributed by atoms with E-state index in [9.17, 15) is 26.3 Å². The summed E-state index contributed by atoms with van der Waals surface area (Å²) in [5, 5.41) is 5.36. The van der Waals surface area contributed by atoms with Crippen LogP contribution in [0.4, 0.5) is 38.0 Å². The summed E-state index contributed by atoms with van der Waals surface area (Å²) in [6.07, 6.45) is -2.42. The summed E-state index contributed by atoms with van der Waals surface area (Å²) in [5.41, 5.74) is 2.31. The van der Waals surface area contributed by atoms with E-state index in [0.29, 0.717) is 45.0 Å². The number of aromatic nitrogens is 4. The Morgan fingerprint density at radius 2 is 1.65 bits per heavy atom. The second kappa shape index (κ2) is 10.5. The van der Waals surface area contributed by atoms with Gasteiger partial charge < -0.3 is 4.90 Å². The van der Waals surface area contributed by atoms with E-state index in [1.807, 2.05) is 0 Å². The van der Waals surface area contributed by atoms with Crippen LogP contribution in [0.15, 0.2) is 66.7 Å². The number of nitrogens with zero attached hydrogens (tertiary/aromatic N) is 6. The van der Waals surface area contributed by atoms with Gasteiger partial charge in [0, 0.05) is 42.3 Å². The van der Waals surface area contributed by atoms with Crippen molar-refractivity contribution in [1.82, 2.24) is 19.3 Å². The molecule has 0 amide bonds. The fraction of sp³-hybridized carbons (Fsp3) is 0.355. The Balaban J connectivity index is 1.21. The average molecular weight is 599 g/mol. The third-order valence-corrected chi connectivity index (χ3v) is 8.40. The molecule has 0 spiro atoms. The van der Waals surface area contributed by atoms with E-state index in [4.69, 9.17) is 5.10 Å². The molecule has 6 nitrogen and oxygen atoms in total. The number of halogens is 6. The SMILES string of the molecule is Fc1cccc(-c2nn(CC3CC3)c3cc(N(C4CCN(c5nc6ccccc6n5C(F)F)CC4)C(F)(F)F)ccc23)c1. The Labute approximate surface area is 243 Å². The standard InChI is InChI=1S/C31H28F6N6/c32-21-5-3-4-20(16-21)28-24-11-10-23(17-27(24)41(39-28)18-19-8-9-19)43(31(35,36)37)22-12-14-40(15-13-22)30-38-25-6-1-2-7-26(25)42(30)29(33)34/h1-7,10-11,16-17,19,22,29H,8-9,12-15,18H2. The molecule has 0 bridgehead atoms. The zero-order chi connectivity index (χ0) is 29.9. The predicted molar refractivity (Wildman–Crippen MR) is 153 cm³/mol. The molecule has 224 valence electrons. The minimum Gasteiger partial charge on any atom is -0.342 e. The first-order valence-corrected chi connectivity index (χ1v) is 14.3. The fourth-order valence-electron chi connectivity index (χ4n) is 6.18. The van der Waals surface area contributed by atoms with E-state index in [1.54, 1.807) is 52.0 Å². The van der Waals surface area contributed by atoms with Crippen molar-refractivity contribution in [3.05, 3.63) is 72.5 Å². The molecule has 2 aliphatic rings. The number of rotatable bonds is 7. The van der Waals surface area contributed by atoms with Crippen molar-refractivity contribution in [2.75, 3.05) is 22.9 Å². The summed E-state index contributed by atoms with van der Waals surface area (Å²) in [5.74, 6) is 0.0498. The highest BCUT2D eigenvalue weighted by Crippen LogP contribution is 2.40. The number of para-hydroxylation sites is 2. The van der Waals surface area contributed by atoms with Gasteiger partial charge in [-0.3, -0.25) is 14.1 Å². The lowest BCUT2D eigenvalue weighted by Crippen LogP contribution is -2.51. The molecule has 2 aromatic heterocycles. The highest BCUT2D eigenvalue weighted by atomic mass is 19.4. The van der Waals surface area contributed by atoms with Crippen molar-refractivity contribution in [1.29, 1.82) is 0 Å². The molecule has 12 heteroatoms. The van der Waals surface area contributed by atoms with Crippen LogP contribution < -0.4 is 9.80 Å². The number of hydrogen-bond acceptors (Lipinski definition) is 4. The Morgan fingerprint density at radius 1 is 0.884 bits per heavy atom. The Bertz CT molecular complexity index is 1780. The topological polar surface area (TPSA) is 42.1 Å². The number of benzene rings is 3. The quantitative estimate of drug-likeness (QED) is 0.141. The first-order chi connectivity index (χ1) is 20.7. The summed E-state index contributed by atoms with van der Waals surface area (Å²) in [6, 6.07) is 16.2. The molecule has 1 saturated carbocycles. The molecule has 0 radical (unpaired) electrons. The van der Waals surface area contributed by atoms with Gasteiger partial charge in [-0.25, -0.2) is 9.37 Å². The lowest BCUT2D eigenvalue weighted by molar-refractivity contribution is -0.135. The molecule has 0 N–H and O–H groups in total. The second-order valence-corrected chi connectivity index (χ2v) is 11.3. The van der Waals surface area contributed by atoms with Crippen LogP contribution in [0.5, 0.6) is 0 Å². The normalized spacial score (nSPS) is 16.6. The van der Waals surface area contributed by atoms with Crippen LogP contribution in [0.1, 0.15) is 32.2 Å². The van der Waals surface area contributed by atoms with Crippen molar-refractivity contribution in [3.63, 3.8) is 0 Å². The van der Waals surface area contributed by atoms with Gasteiger partial charge in [-0.15, -0.1) is 0 Å². The molecule has 0 unspecified atom stereocenters. The molecule has 3 heterocycles. The molecule has 2 fully saturated rings. The van der Waals surface area contributed by atoms with Gasteiger partial charge in [0.25, 0.3) is 0 Å². The van der Waals surface area contributed by atoms with Crippen LogP contribution in [-0.4, -0.2) is 44.8 Å². The maximum atomic E-state index is 14.7. The van der Waals surface area contributed by atoms with Crippen LogP contribution in [0, 0.1) is 11.7 Å². The third kappa shape index (κ3) is 5.16. The van der Waals surface area contributed by atoms with Crippen molar-refractivity contribution in [2.24, 2.45) is 5.92 Å². The lowest BCUT2D eigenvalue weighted by atomic mass is 10.0. The lowest BCUT2D eigenvalue weighted by Gasteiger charge is -2.40. The van der Waals surface area contributed by atoms with E-state index in [1.165, 1.54) is 24.3 Å². The third-order valence-electron chi connectivity index (χ3n) is 8.40. The van der Waals surface area contributed by atoms with Gasteiger partial charge in [0.1, 0.15) is 11.5 Å². The van der Waals surface area contributed by atoms with Gasteiger partial charge in [0.05, 0.1) is 16.6 Å². The zero-order valence-electron chi connectivity index (χ0n) is 23.0. The summed E-state index contributed by atoms with van der Waals surface area (Å²) < 4.78 is 88.7. The Kier molecular flexibility index (Phi) is 6.74. The van der Waals surface area contributed by atoms with Crippen LogP contribution in [0.3, 0.4) is 0 Å². The summed E-state index contributed by atoms with van der Waals surface area (Å²) in [7, 11) is 0.